The average molecular weight is 387 g/mol. The van der Waals surface area contributed by atoms with Crippen molar-refractivity contribution in [2.24, 2.45) is 0 Å². The molecule has 0 bridgehead atoms. The first-order chi connectivity index (χ1) is 13.6. The summed E-state index contributed by atoms with van der Waals surface area (Å²) in [5.41, 5.74) is 1.12. The molecule has 2 atom stereocenters. The predicted octanol–water partition coefficient (Wildman–Crippen LogP) is 1.94. The van der Waals surface area contributed by atoms with Crippen molar-refractivity contribution in [2.75, 3.05) is 26.9 Å². The SMILES string of the molecule is COC(=O)COCC#CCN1C(=O)CCCC1CCC(O)Cc1ccccc1. The number of ether oxygens (including phenoxy) is 2. The van der Waals surface area contributed by atoms with Gasteiger partial charge in [0.25, 0.3) is 0 Å². The highest BCUT2D eigenvalue weighted by molar-refractivity contribution is 5.77. The van der Waals surface area contributed by atoms with Crippen LogP contribution >= 0.6 is 0 Å². The van der Waals surface area contributed by atoms with Gasteiger partial charge in [-0.05, 0) is 37.7 Å². The van der Waals surface area contributed by atoms with E-state index in [1.807, 2.05) is 35.2 Å². The molecule has 0 radical (unpaired) electrons. The van der Waals surface area contributed by atoms with E-state index >= 15 is 0 Å². The molecule has 0 saturated carbocycles. The molecule has 1 N–H and O–H groups in total. The molecule has 6 nitrogen and oxygen atoms in total. The highest BCUT2D eigenvalue weighted by Crippen LogP contribution is 2.22. The number of hydrogen-bond acceptors (Lipinski definition) is 5. The number of amides is 1. The number of carbonyl (C=O) groups excluding carboxylic acids is 2. The van der Waals surface area contributed by atoms with Crippen molar-refractivity contribution < 1.29 is 24.2 Å². The molecule has 28 heavy (non-hydrogen) atoms. The summed E-state index contributed by atoms with van der Waals surface area (Å²) in [4.78, 5) is 25.1. The maximum Gasteiger partial charge on any atom is 0.331 e. The van der Waals surface area contributed by atoms with Crippen LogP contribution in [0.3, 0.4) is 0 Å². The summed E-state index contributed by atoms with van der Waals surface area (Å²) in [6.45, 7) is 0.340. The molecule has 1 aromatic carbocycles. The smallest absolute Gasteiger partial charge is 0.331 e. The van der Waals surface area contributed by atoms with Gasteiger partial charge in [-0.1, -0.05) is 42.2 Å². The van der Waals surface area contributed by atoms with Crippen LogP contribution in [0, 0.1) is 11.8 Å². The maximum atomic E-state index is 12.3. The molecule has 0 aromatic heterocycles. The third-order valence-electron chi connectivity index (χ3n) is 4.83. The lowest BCUT2D eigenvalue weighted by atomic mass is 9.94. The van der Waals surface area contributed by atoms with Gasteiger partial charge in [-0.2, -0.15) is 0 Å². The Morgan fingerprint density at radius 1 is 1.32 bits per heavy atom. The van der Waals surface area contributed by atoms with Gasteiger partial charge in [-0.15, -0.1) is 0 Å². The molecule has 2 rings (SSSR count). The second kappa shape index (κ2) is 12.2. The number of likely N-dealkylation sites (tertiary alicyclic amines) is 1. The maximum absolute atomic E-state index is 12.3. The van der Waals surface area contributed by atoms with Gasteiger partial charge in [0.1, 0.15) is 13.2 Å². The van der Waals surface area contributed by atoms with Crippen LogP contribution < -0.4 is 0 Å². The second-order valence-corrected chi connectivity index (χ2v) is 6.91. The monoisotopic (exact) mass is 387 g/mol. The lowest BCUT2D eigenvalue weighted by Crippen LogP contribution is -2.44. The van der Waals surface area contributed by atoms with Crippen LogP contribution in [0.25, 0.3) is 0 Å². The van der Waals surface area contributed by atoms with Crippen LogP contribution in [0.1, 0.15) is 37.7 Å². The van der Waals surface area contributed by atoms with E-state index in [1.165, 1.54) is 7.11 Å². The van der Waals surface area contributed by atoms with Gasteiger partial charge >= 0.3 is 5.97 Å². The molecule has 152 valence electrons. The topological polar surface area (TPSA) is 76.1 Å². The van der Waals surface area contributed by atoms with Gasteiger partial charge in [0.2, 0.25) is 5.91 Å². The first kappa shape index (κ1) is 21.9. The van der Waals surface area contributed by atoms with Gasteiger partial charge in [-0.25, -0.2) is 4.79 Å². The molecule has 1 aromatic rings. The first-order valence-corrected chi connectivity index (χ1v) is 9.72. The fourth-order valence-corrected chi connectivity index (χ4v) is 3.32. The van der Waals surface area contributed by atoms with Crippen molar-refractivity contribution in [1.82, 2.24) is 4.90 Å². The van der Waals surface area contributed by atoms with Crippen molar-refractivity contribution in [2.45, 2.75) is 50.7 Å². The molecular formula is C22H29NO5. The highest BCUT2D eigenvalue weighted by Gasteiger charge is 2.27. The highest BCUT2D eigenvalue weighted by atomic mass is 16.6. The van der Waals surface area contributed by atoms with E-state index < -0.39 is 12.1 Å². The Labute approximate surface area is 166 Å². The van der Waals surface area contributed by atoms with Gasteiger partial charge in [0.15, 0.2) is 0 Å². The van der Waals surface area contributed by atoms with E-state index in [0.29, 0.717) is 25.8 Å². The Balaban J connectivity index is 1.78. The molecule has 1 aliphatic rings. The minimum absolute atomic E-state index is 0.108. The van der Waals surface area contributed by atoms with Crippen molar-refractivity contribution >= 4 is 11.9 Å². The number of esters is 1. The summed E-state index contributed by atoms with van der Waals surface area (Å²) in [6, 6.07) is 10.0. The number of rotatable bonds is 9. The summed E-state index contributed by atoms with van der Waals surface area (Å²) in [7, 11) is 1.30. The number of nitrogens with zero attached hydrogens (tertiary/aromatic N) is 1. The number of aliphatic hydroxyl groups is 1. The Hall–Kier alpha value is -2.36. The van der Waals surface area contributed by atoms with Crippen LogP contribution in [0.2, 0.25) is 0 Å². The minimum Gasteiger partial charge on any atom is -0.467 e. The number of methoxy groups -OCH3 is 1. The number of benzene rings is 1. The van der Waals surface area contributed by atoms with Crippen molar-refractivity contribution in [3.8, 4) is 11.8 Å². The molecule has 1 fully saturated rings. The fourth-order valence-electron chi connectivity index (χ4n) is 3.32. The standard InChI is InChI=1S/C22H29NO5/c1-27-22(26)17-28-15-6-5-14-23-19(10-7-11-21(23)25)12-13-20(24)16-18-8-3-2-4-9-18/h2-4,8-9,19-20,24H,7,10-17H2,1H3. The van der Waals surface area contributed by atoms with Crippen molar-refractivity contribution in [1.29, 1.82) is 0 Å². The Morgan fingerprint density at radius 3 is 2.86 bits per heavy atom. The largest absolute Gasteiger partial charge is 0.467 e. The number of aliphatic hydroxyl groups excluding tert-OH is 1. The predicted molar refractivity (Wildman–Crippen MR) is 105 cm³/mol. The fraction of sp³-hybridized carbons (Fsp3) is 0.545. The molecule has 0 aliphatic carbocycles. The van der Waals surface area contributed by atoms with Crippen LogP contribution in [0.5, 0.6) is 0 Å². The van der Waals surface area contributed by atoms with Gasteiger partial charge in [0, 0.05) is 12.5 Å². The Morgan fingerprint density at radius 2 is 2.11 bits per heavy atom. The second-order valence-electron chi connectivity index (χ2n) is 6.91. The van der Waals surface area contributed by atoms with Crippen LogP contribution in [-0.4, -0.2) is 60.9 Å². The zero-order chi connectivity index (χ0) is 20.2. The number of hydrogen-bond donors (Lipinski definition) is 1. The van der Waals surface area contributed by atoms with Gasteiger partial charge in [0.05, 0.1) is 19.8 Å². The molecule has 6 heteroatoms. The number of carbonyl (C=O) groups is 2. The molecular weight excluding hydrogens is 358 g/mol. The average Bonchev–Trinajstić information content (AvgIpc) is 2.70. The molecule has 0 spiro atoms. The summed E-state index contributed by atoms with van der Waals surface area (Å²) in [5, 5.41) is 10.3. The summed E-state index contributed by atoms with van der Waals surface area (Å²) in [5.74, 6) is 5.45. The molecule has 1 saturated heterocycles. The van der Waals surface area contributed by atoms with Crippen molar-refractivity contribution in [3.63, 3.8) is 0 Å². The van der Waals surface area contributed by atoms with E-state index in [9.17, 15) is 14.7 Å². The lowest BCUT2D eigenvalue weighted by molar-refractivity contribution is -0.145. The quantitative estimate of drug-likeness (QED) is 0.398. The molecule has 2 unspecified atom stereocenters. The van der Waals surface area contributed by atoms with Crippen molar-refractivity contribution in [3.05, 3.63) is 35.9 Å². The van der Waals surface area contributed by atoms with Crippen LogP contribution in [-0.2, 0) is 25.5 Å². The van der Waals surface area contributed by atoms with E-state index in [4.69, 9.17) is 4.74 Å². The van der Waals surface area contributed by atoms with E-state index in [-0.39, 0.29) is 25.2 Å². The normalized spacial score (nSPS) is 17.6. The third kappa shape index (κ3) is 7.71. The zero-order valence-electron chi connectivity index (χ0n) is 16.4. The molecule has 1 aliphatic heterocycles. The lowest BCUT2D eigenvalue weighted by Gasteiger charge is -2.35. The summed E-state index contributed by atoms with van der Waals surface area (Å²) in [6.07, 6.45) is 3.98. The first-order valence-electron chi connectivity index (χ1n) is 9.72. The summed E-state index contributed by atoms with van der Waals surface area (Å²) >= 11 is 0. The van der Waals surface area contributed by atoms with E-state index in [1.54, 1.807) is 0 Å². The molecule has 1 heterocycles. The van der Waals surface area contributed by atoms with E-state index in [2.05, 4.69) is 16.6 Å². The Kier molecular flexibility index (Phi) is 9.53. The minimum atomic E-state index is -0.442. The zero-order valence-corrected chi connectivity index (χ0v) is 16.4. The molecule has 1 amide bonds. The van der Waals surface area contributed by atoms with Crippen LogP contribution in [0.4, 0.5) is 0 Å². The third-order valence-corrected chi connectivity index (χ3v) is 4.83. The Bertz CT molecular complexity index is 679. The van der Waals surface area contributed by atoms with E-state index in [0.717, 1.165) is 24.8 Å². The summed E-state index contributed by atoms with van der Waals surface area (Å²) < 4.78 is 9.56. The number of piperidine rings is 1. The van der Waals surface area contributed by atoms with Crippen LogP contribution in [0.15, 0.2) is 30.3 Å². The van der Waals surface area contributed by atoms with Gasteiger partial charge < -0.3 is 19.5 Å². The van der Waals surface area contributed by atoms with Gasteiger partial charge in [-0.3, -0.25) is 4.79 Å².